The van der Waals surface area contributed by atoms with E-state index in [4.69, 9.17) is 13.6 Å². The number of rotatable bonds is 5. The topological polar surface area (TPSA) is 90.4 Å². The van der Waals surface area contributed by atoms with Gasteiger partial charge in [-0.25, -0.2) is 9.97 Å². The van der Waals surface area contributed by atoms with Crippen molar-refractivity contribution in [3.8, 4) is 17.3 Å². The SMILES string of the molecule is CCOc1ccc2nc(NC(=O)c3ncoc3-c3ccco3)sc2c1. The molecule has 25 heavy (non-hydrogen) atoms. The minimum Gasteiger partial charge on any atom is -0.494 e. The Morgan fingerprint density at radius 2 is 2.24 bits per heavy atom. The molecule has 0 fully saturated rings. The second-order valence-corrected chi connectivity index (χ2v) is 6.07. The van der Waals surface area contributed by atoms with E-state index in [1.165, 1.54) is 24.0 Å². The zero-order valence-electron chi connectivity index (χ0n) is 13.2. The first-order valence-corrected chi connectivity index (χ1v) is 8.38. The van der Waals surface area contributed by atoms with E-state index >= 15 is 0 Å². The van der Waals surface area contributed by atoms with E-state index in [2.05, 4.69) is 15.3 Å². The van der Waals surface area contributed by atoms with Crippen LogP contribution in [-0.2, 0) is 0 Å². The highest BCUT2D eigenvalue weighted by Crippen LogP contribution is 2.30. The Bertz CT molecular complexity index is 1020. The fourth-order valence-corrected chi connectivity index (χ4v) is 3.25. The minimum absolute atomic E-state index is 0.143. The molecule has 1 N–H and O–H groups in total. The third kappa shape index (κ3) is 2.99. The first kappa shape index (κ1) is 15.4. The Balaban J connectivity index is 1.59. The van der Waals surface area contributed by atoms with Crippen molar-refractivity contribution in [1.29, 1.82) is 0 Å². The quantitative estimate of drug-likeness (QED) is 0.577. The molecular weight excluding hydrogens is 342 g/mol. The van der Waals surface area contributed by atoms with Gasteiger partial charge in [0.05, 0.1) is 23.1 Å². The van der Waals surface area contributed by atoms with Gasteiger partial charge in [-0.05, 0) is 37.3 Å². The van der Waals surface area contributed by atoms with Gasteiger partial charge in [0, 0.05) is 0 Å². The second-order valence-electron chi connectivity index (χ2n) is 5.04. The Labute approximate surface area is 146 Å². The molecule has 0 aliphatic carbocycles. The number of carbonyl (C=O) groups excluding carboxylic acids is 1. The number of nitrogens with zero attached hydrogens (tertiary/aromatic N) is 2. The second kappa shape index (κ2) is 6.40. The number of carbonyl (C=O) groups is 1. The van der Waals surface area contributed by atoms with E-state index in [1.807, 2.05) is 25.1 Å². The summed E-state index contributed by atoms with van der Waals surface area (Å²) >= 11 is 1.36. The summed E-state index contributed by atoms with van der Waals surface area (Å²) < 4.78 is 16.9. The van der Waals surface area contributed by atoms with Crippen LogP contribution in [0.2, 0.25) is 0 Å². The van der Waals surface area contributed by atoms with Gasteiger partial charge in [-0.1, -0.05) is 11.3 Å². The monoisotopic (exact) mass is 355 g/mol. The van der Waals surface area contributed by atoms with Crippen molar-refractivity contribution in [2.75, 3.05) is 11.9 Å². The summed E-state index contributed by atoms with van der Waals surface area (Å²) in [4.78, 5) is 20.9. The van der Waals surface area contributed by atoms with Crippen LogP contribution in [0.25, 0.3) is 21.7 Å². The van der Waals surface area contributed by atoms with Gasteiger partial charge in [0.25, 0.3) is 5.91 Å². The highest BCUT2D eigenvalue weighted by Gasteiger charge is 2.21. The number of anilines is 1. The molecule has 8 heteroatoms. The summed E-state index contributed by atoms with van der Waals surface area (Å²) in [5, 5.41) is 3.23. The van der Waals surface area contributed by atoms with Crippen LogP contribution >= 0.6 is 11.3 Å². The van der Waals surface area contributed by atoms with E-state index in [9.17, 15) is 4.79 Å². The zero-order chi connectivity index (χ0) is 17.2. The molecule has 0 aliphatic rings. The van der Waals surface area contributed by atoms with Crippen molar-refractivity contribution in [2.45, 2.75) is 6.92 Å². The number of furan rings is 1. The normalized spacial score (nSPS) is 10.9. The maximum Gasteiger partial charge on any atom is 0.280 e. The lowest BCUT2D eigenvalue weighted by Gasteiger charge is -2.00. The number of hydrogen-bond donors (Lipinski definition) is 1. The van der Waals surface area contributed by atoms with E-state index in [-0.39, 0.29) is 11.5 Å². The first-order valence-electron chi connectivity index (χ1n) is 7.56. The van der Waals surface area contributed by atoms with E-state index < -0.39 is 5.91 Å². The van der Waals surface area contributed by atoms with Crippen LogP contribution in [-0.4, -0.2) is 22.5 Å². The first-order chi connectivity index (χ1) is 12.2. The summed E-state index contributed by atoms with van der Waals surface area (Å²) in [5.41, 5.74) is 0.930. The Morgan fingerprint density at radius 3 is 3.04 bits per heavy atom. The molecule has 1 amide bonds. The molecule has 3 heterocycles. The largest absolute Gasteiger partial charge is 0.494 e. The van der Waals surface area contributed by atoms with Crippen molar-refractivity contribution in [3.05, 3.63) is 48.7 Å². The van der Waals surface area contributed by atoms with Crippen LogP contribution in [0.5, 0.6) is 5.75 Å². The van der Waals surface area contributed by atoms with Gasteiger partial charge in [-0.15, -0.1) is 0 Å². The number of thiazole rings is 1. The average Bonchev–Trinajstić information content (AvgIpc) is 3.34. The molecule has 0 aliphatic heterocycles. The maximum atomic E-state index is 12.5. The third-order valence-electron chi connectivity index (χ3n) is 3.42. The van der Waals surface area contributed by atoms with Crippen LogP contribution in [0.3, 0.4) is 0 Å². The van der Waals surface area contributed by atoms with Crippen molar-refractivity contribution in [3.63, 3.8) is 0 Å². The van der Waals surface area contributed by atoms with Gasteiger partial charge in [-0.2, -0.15) is 0 Å². The molecule has 1 aromatic carbocycles. The summed E-state index contributed by atoms with van der Waals surface area (Å²) in [6, 6.07) is 9.02. The van der Waals surface area contributed by atoms with E-state index in [0.717, 1.165) is 16.0 Å². The summed E-state index contributed by atoms with van der Waals surface area (Å²) in [7, 11) is 0. The summed E-state index contributed by atoms with van der Waals surface area (Å²) in [6.45, 7) is 2.52. The molecule has 0 saturated heterocycles. The lowest BCUT2D eigenvalue weighted by atomic mass is 10.2. The van der Waals surface area contributed by atoms with E-state index in [1.54, 1.807) is 12.1 Å². The third-order valence-corrected chi connectivity index (χ3v) is 4.35. The molecule has 0 atom stereocenters. The number of oxazole rings is 1. The molecule has 0 radical (unpaired) electrons. The Kier molecular flexibility index (Phi) is 3.95. The predicted molar refractivity (Wildman–Crippen MR) is 92.9 cm³/mol. The van der Waals surface area contributed by atoms with Crippen LogP contribution in [0.1, 0.15) is 17.4 Å². The molecule has 4 rings (SSSR count). The molecule has 0 saturated carbocycles. The zero-order valence-corrected chi connectivity index (χ0v) is 14.0. The average molecular weight is 355 g/mol. The lowest BCUT2D eigenvalue weighted by molar-refractivity contribution is 0.102. The number of fused-ring (bicyclic) bond motifs is 1. The van der Waals surface area contributed by atoms with Crippen molar-refractivity contribution in [1.82, 2.24) is 9.97 Å². The molecule has 7 nitrogen and oxygen atoms in total. The van der Waals surface area contributed by atoms with Crippen LogP contribution in [0.15, 0.2) is 51.8 Å². The molecule has 126 valence electrons. The lowest BCUT2D eigenvalue weighted by Crippen LogP contribution is -2.13. The predicted octanol–water partition coefficient (Wildman–Crippen LogP) is 4.20. The molecule has 0 unspecified atom stereocenters. The van der Waals surface area contributed by atoms with Crippen LogP contribution in [0, 0.1) is 0 Å². The highest BCUT2D eigenvalue weighted by atomic mass is 32.1. The van der Waals surface area contributed by atoms with Gasteiger partial charge in [0.1, 0.15) is 5.75 Å². The number of hydrogen-bond acceptors (Lipinski definition) is 7. The van der Waals surface area contributed by atoms with Crippen molar-refractivity contribution >= 4 is 32.6 Å². The van der Waals surface area contributed by atoms with Crippen LogP contribution < -0.4 is 10.1 Å². The molecule has 4 aromatic rings. The standard InChI is InChI=1S/C17H13N3O4S/c1-2-22-10-5-6-11-13(8-10)25-17(19-11)20-16(21)14-15(24-9-18-14)12-4-3-7-23-12/h3-9H,2H2,1H3,(H,19,20,21). The molecule has 3 aromatic heterocycles. The highest BCUT2D eigenvalue weighted by molar-refractivity contribution is 7.22. The fraction of sp³-hybridized carbons (Fsp3) is 0.118. The van der Waals surface area contributed by atoms with Crippen molar-refractivity contribution in [2.24, 2.45) is 0 Å². The summed E-state index contributed by atoms with van der Waals surface area (Å²) in [6.07, 6.45) is 2.71. The fourth-order valence-electron chi connectivity index (χ4n) is 2.36. The van der Waals surface area contributed by atoms with E-state index in [0.29, 0.717) is 17.5 Å². The summed E-state index contributed by atoms with van der Waals surface area (Å²) in [5.74, 6) is 1.08. The molecular formula is C17H13N3O4S. The maximum absolute atomic E-state index is 12.5. The van der Waals surface area contributed by atoms with Gasteiger partial charge >= 0.3 is 0 Å². The number of aromatic nitrogens is 2. The molecule has 0 bridgehead atoms. The van der Waals surface area contributed by atoms with Gasteiger partial charge in [0.2, 0.25) is 5.76 Å². The Hall–Kier alpha value is -3.13. The molecule has 0 spiro atoms. The minimum atomic E-state index is -0.413. The number of ether oxygens (including phenoxy) is 1. The number of benzene rings is 1. The number of nitrogens with one attached hydrogen (secondary N) is 1. The van der Waals surface area contributed by atoms with Gasteiger partial charge < -0.3 is 13.6 Å². The van der Waals surface area contributed by atoms with Gasteiger partial charge in [0.15, 0.2) is 23.0 Å². The number of amides is 1. The van der Waals surface area contributed by atoms with Gasteiger partial charge in [-0.3, -0.25) is 10.1 Å². The van der Waals surface area contributed by atoms with Crippen molar-refractivity contribution < 1.29 is 18.4 Å². The smallest absolute Gasteiger partial charge is 0.280 e. The Morgan fingerprint density at radius 1 is 1.32 bits per heavy atom. The van der Waals surface area contributed by atoms with Crippen LogP contribution in [0.4, 0.5) is 5.13 Å².